The van der Waals surface area contributed by atoms with E-state index in [0.717, 1.165) is 51.8 Å². The smallest absolute Gasteiger partial charge is 0.303 e. The molecule has 3 aromatic carbocycles. The molecule has 1 fully saturated rings. The van der Waals surface area contributed by atoms with Gasteiger partial charge in [0.2, 0.25) is 0 Å². The Morgan fingerprint density at radius 3 is 2.41 bits per heavy atom. The second-order valence-electron chi connectivity index (χ2n) is 9.14. The summed E-state index contributed by atoms with van der Waals surface area (Å²) >= 11 is 5.51. The van der Waals surface area contributed by atoms with E-state index in [2.05, 4.69) is 37.9 Å². The summed E-state index contributed by atoms with van der Waals surface area (Å²) in [6.07, 6.45) is 0.548. The number of benzene rings is 3. The monoisotopic (exact) mass is 577 g/mol. The van der Waals surface area contributed by atoms with Crippen LogP contribution in [-0.2, 0) is 17.8 Å². The van der Waals surface area contributed by atoms with Crippen molar-refractivity contribution in [2.75, 3.05) is 24.6 Å². The Balaban J connectivity index is 1.51. The molecule has 0 spiro atoms. The Hall–Kier alpha value is -3.07. The van der Waals surface area contributed by atoms with Gasteiger partial charge in [-0.25, -0.2) is 4.99 Å². The largest absolute Gasteiger partial charge is 0.494 e. The van der Waals surface area contributed by atoms with Crippen LogP contribution in [0.4, 0.5) is 5.69 Å². The lowest BCUT2D eigenvalue weighted by molar-refractivity contribution is -0.136. The zero-order valence-corrected chi connectivity index (χ0v) is 22.7. The van der Waals surface area contributed by atoms with Gasteiger partial charge in [-0.15, -0.1) is 0 Å². The van der Waals surface area contributed by atoms with Crippen molar-refractivity contribution in [3.8, 4) is 5.88 Å². The first kappa shape index (κ1) is 25.6. The van der Waals surface area contributed by atoms with Gasteiger partial charge in [0.15, 0.2) is 5.88 Å². The molecular formula is C29H28BrN3O3S. The van der Waals surface area contributed by atoms with E-state index in [1.807, 2.05) is 66.4 Å². The van der Waals surface area contributed by atoms with Crippen LogP contribution in [0.5, 0.6) is 5.88 Å². The number of rotatable bonds is 8. The molecule has 0 amide bonds. The zero-order chi connectivity index (χ0) is 25.8. The SMILES string of the molecule is O=C(O)CCc1ccc(C(=Nc2ccc(CN3CCSCC3)cc2)c2c(O)[nH]c3cc(Br)ccc23)cc1. The van der Waals surface area contributed by atoms with Crippen LogP contribution >= 0.6 is 27.7 Å². The number of H-pyrrole nitrogens is 1. The first-order valence-electron chi connectivity index (χ1n) is 12.3. The molecule has 2 heterocycles. The van der Waals surface area contributed by atoms with Gasteiger partial charge < -0.3 is 15.2 Å². The van der Waals surface area contributed by atoms with Crippen molar-refractivity contribution in [3.63, 3.8) is 0 Å². The second-order valence-corrected chi connectivity index (χ2v) is 11.3. The maximum atomic E-state index is 11.0. The summed E-state index contributed by atoms with van der Waals surface area (Å²) in [5.41, 5.74) is 5.94. The number of carboxylic acids is 1. The Kier molecular flexibility index (Phi) is 7.98. The maximum Gasteiger partial charge on any atom is 0.303 e. The number of nitrogens with zero attached hydrogens (tertiary/aromatic N) is 2. The molecule has 8 heteroatoms. The molecule has 4 aromatic rings. The third kappa shape index (κ3) is 6.26. The molecule has 0 unspecified atom stereocenters. The fourth-order valence-electron chi connectivity index (χ4n) is 4.56. The number of aromatic nitrogens is 1. The number of aryl methyl sites for hydroxylation is 1. The van der Waals surface area contributed by atoms with Gasteiger partial charge >= 0.3 is 5.97 Å². The van der Waals surface area contributed by atoms with Gasteiger partial charge in [-0.05, 0) is 41.8 Å². The highest BCUT2D eigenvalue weighted by atomic mass is 79.9. The Labute approximate surface area is 228 Å². The predicted molar refractivity (Wildman–Crippen MR) is 154 cm³/mol. The van der Waals surface area contributed by atoms with E-state index in [0.29, 0.717) is 17.7 Å². The van der Waals surface area contributed by atoms with E-state index in [9.17, 15) is 9.90 Å². The first-order valence-corrected chi connectivity index (χ1v) is 14.2. The van der Waals surface area contributed by atoms with Gasteiger partial charge in [0, 0.05) is 53.0 Å². The molecule has 1 aromatic heterocycles. The van der Waals surface area contributed by atoms with Gasteiger partial charge in [-0.2, -0.15) is 11.8 Å². The van der Waals surface area contributed by atoms with Crippen molar-refractivity contribution in [1.29, 1.82) is 0 Å². The van der Waals surface area contributed by atoms with E-state index in [1.165, 1.54) is 17.1 Å². The number of aliphatic imine (C=N–C) groups is 1. The van der Waals surface area contributed by atoms with Gasteiger partial charge in [0.25, 0.3) is 0 Å². The number of aromatic hydroxyl groups is 1. The first-order chi connectivity index (χ1) is 18.0. The van der Waals surface area contributed by atoms with Crippen LogP contribution in [0.2, 0.25) is 0 Å². The molecule has 1 aliphatic heterocycles. The number of hydrogen-bond donors (Lipinski definition) is 3. The zero-order valence-electron chi connectivity index (χ0n) is 20.3. The lowest BCUT2D eigenvalue weighted by Gasteiger charge is -2.26. The third-order valence-electron chi connectivity index (χ3n) is 6.52. The molecule has 190 valence electrons. The molecule has 5 rings (SSSR count). The number of fused-ring (bicyclic) bond motifs is 1. The fraction of sp³-hybridized carbons (Fsp3) is 0.241. The summed E-state index contributed by atoms with van der Waals surface area (Å²) in [7, 11) is 0. The summed E-state index contributed by atoms with van der Waals surface area (Å²) in [5.74, 6) is 1.61. The van der Waals surface area contributed by atoms with Crippen LogP contribution in [0.25, 0.3) is 10.9 Å². The Morgan fingerprint density at radius 2 is 1.70 bits per heavy atom. The number of aromatic amines is 1. The molecule has 0 bridgehead atoms. The quantitative estimate of drug-likeness (QED) is 0.212. The number of aliphatic carboxylic acids is 1. The normalized spacial score (nSPS) is 14.8. The molecule has 37 heavy (non-hydrogen) atoms. The van der Waals surface area contributed by atoms with Crippen molar-refractivity contribution in [1.82, 2.24) is 9.88 Å². The topological polar surface area (TPSA) is 88.9 Å². The average Bonchev–Trinajstić information content (AvgIpc) is 3.22. The Bertz CT molecular complexity index is 1430. The van der Waals surface area contributed by atoms with Gasteiger partial charge in [-0.3, -0.25) is 9.69 Å². The van der Waals surface area contributed by atoms with Crippen molar-refractivity contribution >= 4 is 56.0 Å². The standard InChI is InChI=1S/C29H28BrN3O3S/c30-22-8-11-24-25(17-22)32-29(36)27(24)28(21-6-1-19(2-7-21)5-12-26(34)35)31-23-9-3-20(4-10-23)18-33-13-15-37-16-14-33/h1-4,6-11,17,32,36H,5,12-16,18H2,(H,34,35). The summed E-state index contributed by atoms with van der Waals surface area (Å²) < 4.78 is 0.914. The van der Waals surface area contributed by atoms with Crippen LogP contribution in [0.15, 0.2) is 76.2 Å². The highest BCUT2D eigenvalue weighted by molar-refractivity contribution is 9.10. The summed E-state index contributed by atoms with van der Waals surface area (Å²) in [5, 5.41) is 20.8. The molecule has 0 aliphatic carbocycles. The average molecular weight is 579 g/mol. The van der Waals surface area contributed by atoms with E-state index in [-0.39, 0.29) is 12.3 Å². The minimum absolute atomic E-state index is 0.0568. The molecule has 0 atom stereocenters. The van der Waals surface area contributed by atoms with Crippen molar-refractivity contribution in [2.24, 2.45) is 4.99 Å². The van der Waals surface area contributed by atoms with Crippen molar-refractivity contribution < 1.29 is 15.0 Å². The van der Waals surface area contributed by atoms with Gasteiger partial charge in [0.1, 0.15) is 0 Å². The lowest BCUT2D eigenvalue weighted by atomic mass is 9.98. The van der Waals surface area contributed by atoms with E-state index in [4.69, 9.17) is 10.1 Å². The maximum absolute atomic E-state index is 11.0. The van der Waals surface area contributed by atoms with Crippen LogP contribution in [0.3, 0.4) is 0 Å². The van der Waals surface area contributed by atoms with Gasteiger partial charge in [-0.1, -0.05) is 58.4 Å². The third-order valence-corrected chi connectivity index (χ3v) is 7.96. The van der Waals surface area contributed by atoms with Crippen LogP contribution in [0, 0.1) is 0 Å². The number of halogens is 1. The molecule has 3 N–H and O–H groups in total. The fourth-order valence-corrected chi connectivity index (χ4v) is 5.90. The molecule has 6 nitrogen and oxygen atoms in total. The minimum Gasteiger partial charge on any atom is -0.494 e. The lowest BCUT2D eigenvalue weighted by Crippen LogP contribution is -2.31. The number of nitrogens with one attached hydrogen (secondary N) is 1. The molecule has 1 aliphatic rings. The number of hydrogen-bond acceptors (Lipinski definition) is 5. The summed E-state index contributed by atoms with van der Waals surface area (Å²) in [6, 6.07) is 21.9. The number of carbonyl (C=O) groups is 1. The molecule has 1 saturated heterocycles. The summed E-state index contributed by atoms with van der Waals surface area (Å²) in [4.78, 5) is 21.5. The number of thioether (sulfide) groups is 1. The van der Waals surface area contributed by atoms with E-state index >= 15 is 0 Å². The van der Waals surface area contributed by atoms with E-state index in [1.54, 1.807) is 0 Å². The molecular weight excluding hydrogens is 550 g/mol. The molecule has 0 saturated carbocycles. The van der Waals surface area contributed by atoms with Crippen LogP contribution in [-0.4, -0.2) is 56.4 Å². The van der Waals surface area contributed by atoms with Gasteiger partial charge in [0.05, 0.1) is 22.5 Å². The highest BCUT2D eigenvalue weighted by Gasteiger charge is 2.19. The second kappa shape index (κ2) is 11.5. The van der Waals surface area contributed by atoms with Crippen LogP contribution < -0.4 is 0 Å². The minimum atomic E-state index is -0.816. The van der Waals surface area contributed by atoms with Crippen molar-refractivity contribution in [2.45, 2.75) is 19.4 Å². The highest BCUT2D eigenvalue weighted by Crippen LogP contribution is 2.33. The van der Waals surface area contributed by atoms with Crippen LogP contribution in [0.1, 0.15) is 28.7 Å². The predicted octanol–water partition coefficient (Wildman–Crippen LogP) is 6.37. The summed E-state index contributed by atoms with van der Waals surface area (Å²) in [6.45, 7) is 3.17. The Morgan fingerprint density at radius 1 is 1.00 bits per heavy atom. The number of carboxylic acid groups (broad SMARTS) is 1. The van der Waals surface area contributed by atoms with Crippen molar-refractivity contribution in [3.05, 3.63) is 93.5 Å². The van der Waals surface area contributed by atoms with E-state index < -0.39 is 5.97 Å². The molecule has 0 radical (unpaired) electrons.